The molecule has 1 aromatic rings. The Bertz CT molecular complexity index is 397. The van der Waals surface area contributed by atoms with E-state index in [1.54, 1.807) is 0 Å². The van der Waals surface area contributed by atoms with Gasteiger partial charge in [-0.05, 0) is 31.0 Å². The molecule has 1 aliphatic heterocycles. The van der Waals surface area contributed by atoms with E-state index in [1.807, 2.05) is 0 Å². The average molecular weight is 224 g/mol. The maximum atomic E-state index is 13.1. The van der Waals surface area contributed by atoms with Crippen LogP contribution in [0.25, 0.3) is 0 Å². The highest BCUT2D eigenvalue weighted by atomic mass is 19.1. The van der Waals surface area contributed by atoms with Gasteiger partial charge in [-0.25, -0.2) is 4.39 Å². The van der Waals surface area contributed by atoms with Crippen LogP contribution in [0.2, 0.25) is 0 Å². The molecule has 0 spiro atoms. The first-order valence-electron chi connectivity index (χ1n) is 5.21. The van der Waals surface area contributed by atoms with Crippen LogP contribution < -0.4 is 4.74 Å². The van der Waals surface area contributed by atoms with Gasteiger partial charge in [0.25, 0.3) is 0 Å². The van der Waals surface area contributed by atoms with Gasteiger partial charge in [-0.15, -0.1) is 0 Å². The summed E-state index contributed by atoms with van der Waals surface area (Å²) in [6.07, 6.45) is 1.11. The van der Waals surface area contributed by atoms with Crippen molar-refractivity contribution >= 4 is 5.78 Å². The third-order valence-corrected chi connectivity index (χ3v) is 2.65. The van der Waals surface area contributed by atoms with Gasteiger partial charge in [-0.2, -0.15) is 0 Å². The molecule has 3 nitrogen and oxygen atoms in total. The molecule has 1 saturated heterocycles. The Labute approximate surface area is 93.2 Å². The molecular formula is C12H13FO3. The predicted octanol–water partition coefficient (Wildman–Crippen LogP) is 2.20. The highest BCUT2D eigenvalue weighted by Crippen LogP contribution is 2.24. The SMILES string of the molecule is COc1ccc(F)cc1C(=O)C1CCCO1. The molecule has 0 bridgehead atoms. The largest absolute Gasteiger partial charge is 0.496 e. The summed E-state index contributed by atoms with van der Waals surface area (Å²) in [7, 11) is 1.46. The second kappa shape index (κ2) is 4.61. The third kappa shape index (κ3) is 2.07. The number of carbonyl (C=O) groups is 1. The van der Waals surface area contributed by atoms with Crippen molar-refractivity contribution < 1.29 is 18.7 Å². The number of Topliss-reactive ketones (excluding diaryl/α,β-unsaturated/α-hetero) is 1. The molecule has 86 valence electrons. The van der Waals surface area contributed by atoms with E-state index < -0.39 is 11.9 Å². The van der Waals surface area contributed by atoms with Crippen LogP contribution in [0.1, 0.15) is 23.2 Å². The van der Waals surface area contributed by atoms with E-state index in [9.17, 15) is 9.18 Å². The van der Waals surface area contributed by atoms with Gasteiger partial charge in [-0.3, -0.25) is 4.79 Å². The Hall–Kier alpha value is -1.42. The monoisotopic (exact) mass is 224 g/mol. The molecule has 16 heavy (non-hydrogen) atoms. The van der Waals surface area contributed by atoms with E-state index in [4.69, 9.17) is 9.47 Å². The fourth-order valence-electron chi connectivity index (χ4n) is 1.83. The zero-order valence-electron chi connectivity index (χ0n) is 9.03. The van der Waals surface area contributed by atoms with Crippen LogP contribution in [-0.4, -0.2) is 25.6 Å². The number of hydrogen-bond acceptors (Lipinski definition) is 3. The van der Waals surface area contributed by atoms with Crippen molar-refractivity contribution in [3.05, 3.63) is 29.6 Å². The summed E-state index contributed by atoms with van der Waals surface area (Å²) in [6.45, 7) is 0.591. The number of ketones is 1. The lowest BCUT2D eigenvalue weighted by Gasteiger charge is -2.11. The van der Waals surface area contributed by atoms with Gasteiger partial charge < -0.3 is 9.47 Å². The number of rotatable bonds is 3. The molecule has 1 aliphatic rings. The zero-order valence-corrected chi connectivity index (χ0v) is 9.03. The highest BCUT2D eigenvalue weighted by molar-refractivity contribution is 6.01. The Morgan fingerprint density at radius 1 is 1.56 bits per heavy atom. The van der Waals surface area contributed by atoms with Crippen molar-refractivity contribution in [1.82, 2.24) is 0 Å². The van der Waals surface area contributed by atoms with Gasteiger partial charge in [0.2, 0.25) is 0 Å². The topological polar surface area (TPSA) is 35.5 Å². The van der Waals surface area contributed by atoms with Gasteiger partial charge in [0.05, 0.1) is 12.7 Å². The van der Waals surface area contributed by atoms with E-state index in [-0.39, 0.29) is 11.3 Å². The first-order chi connectivity index (χ1) is 7.72. The summed E-state index contributed by atoms with van der Waals surface area (Å²) >= 11 is 0. The minimum Gasteiger partial charge on any atom is -0.496 e. The molecule has 1 heterocycles. The van der Waals surface area contributed by atoms with Crippen LogP contribution in [0, 0.1) is 5.82 Å². The normalized spacial score (nSPS) is 19.8. The van der Waals surface area contributed by atoms with Crippen molar-refractivity contribution in [2.75, 3.05) is 13.7 Å². The average Bonchev–Trinajstić information content (AvgIpc) is 2.81. The smallest absolute Gasteiger partial charge is 0.195 e. The Morgan fingerprint density at radius 3 is 3.00 bits per heavy atom. The van der Waals surface area contributed by atoms with Crippen LogP contribution in [0.5, 0.6) is 5.75 Å². The minimum atomic E-state index is -0.448. The quantitative estimate of drug-likeness (QED) is 0.738. The predicted molar refractivity (Wildman–Crippen MR) is 56.3 cm³/mol. The molecule has 4 heteroatoms. The molecule has 1 atom stereocenters. The lowest BCUT2D eigenvalue weighted by Crippen LogP contribution is -2.20. The first-order valence-corrected chi connectivity index (χ1v) is 5.21. The van der Waals surface area contributed by atoms with Crippen molar-refractivity contribution in [2.45, 2.75) is 18.9 Å². The molecule has 1 fully saturated rings. The number of ether oxygens (including phenoxy) is 2. The van der Waals surface area contributed by atoms with Crippen molar-refractivity contribution in [1.29, 1.82) is 0 Å². The molecule has 1 aromatic carbocycles. The number of carbonyl (C=O) groups excluding carboxylic acids is 1. The maximum Gasteiger partial charge on any atom is 0.195 e. The molecule has 0 amide bonds. The molecule has 0 saturated carbocycles. The summed E-state index contributed by atoms with van der Waals surface area (Å²) in [6, 6.07) is 3.92. The molecule has 1 unspecified atom stereocenters. The summed E-state index contributed by atoms with van der Waals surface area (Å²) in [5.41, 5.74) is 0.259. The molecule has 0 radical (unpaired) electrons. The van der Waals surface area contributed by atoms with E-state index >= 15 is 0 Å². The number of hydrogen-bond donors (Lipinski definition) is 0. The molecule has 0 aliphatic carbocycles. The molecule has 2 rings (SSSR count). The minimum absolute atomic E-state index is 0.200. The first kappa shape index (κ1) is 11.1. The lowest BCUT2D eigenvalue weighted by molar-refractivity contribution is 0.0639. The standard InChI is InChI=1S/C12H13FO3/c1-15-10-5-4-8(13)7-9(10)12(14)11-3-2-6-16-11/h4-5,7,11H,2-3,6H2,1H3. The summed E-state index contributed by atoms with van der Waals surface area (Å²) in [5, 5.41) is 0. The summed E-state index contributed by atoms with van der Waals surface area (Å²) in [4.78, 5) is 12.0. The molecule has 0 N–H and O–H groups in total. The van der Waals surface area contributed by atoms with E-state index in [0.717, 1.165) is 6.42 Å². The van der Waals surface area contributed by atoms with Crippen molar-refractivity contribution in [3.63, 3.8) is 0 Å². The molecule has 0 aromatic heterocycles. The summed E-state index contributed by atoms with van der Waals surface area (Å²) in [5.74, 6) is -0.252. The van der Waals surface area contributed by atoms with Crippen molar-refractivity contribution in [2.24, 2.45) is 0 Å². The number of halogens is 1. The van der Waals surface area contributed by atoms with Crippen LogP contribution in [0.3, 0.4) is 0 Å². The lowest BCUT2D eigenvalue weighted by atomic mass is 10.0. The molecular weight excluding hydrogens is 211 g/mol. The van der Waals surface area contributed by atoms with Gasteiger partial charge in [0.1, 0.15) is 17.7 Å². The van der Waals surface area contributed by atoms with Gasteiger partial charge in [0, 0.05) is 6.61 Å². The van der Waals surface area contributed by atoms with Gasteiger partial charge in [0.15, 0.2) is 5.78 Å². The van der Waals surface area contributed by atoms with Gasteiger partial charge in [-0.1, -0.05) is 0 Å². The fraction of sp³-hybridized carbons (Fsp3) is 0.417. The summed E-state index contributed by atoms with van der Waals surface area (Å²) < 4.78 is 23.4. The van der Waals surface area contributed by atoms with Gasteiger partial charge >= 0.3 is 0 Å². The van der Waals surface area contributed by atoms with Crippen LogP contribution in [0.4, 0.5) is 4.39 Å². The maximum absolute atomic E-state index is 13.1. The van der Waals surface area contributed by atoms with E-state index in [0.29, 0.717) is 18.8 Å². The third-order valence-electron chi connectivity index (χ3n) is 2.65. The number of benzene rings is 1. The second-order valence-electron chi connectivity index (χ2n) is 3.71. The van der Waals surface area contributed by atoms with Crippen LogP contribution in [-0.2, 0) is 4.74 Å². The van der Waals surface area contributed by atoms with E-state index in [2.05, 4.69) is 0 Å². The van der Waals surface area contributed by atoms with Crippen molar-refractivity contribution in [3.8, 4) is 5.75 Å². The van der Waals surface area contributed by atoms with Crippen LogP contribution in [0.15, 0.2) is 18.2 Å². The zero-order chi connectivity index (χ0) is 11.5. The Kier molecular flexibility index (Phi) is 3.19. The highest BCUT2D eigenvalue weighted by Gasteiger charge is 2.27. The fourth-order valence-corrected chi connectivity index (χ4v) is 1.83. The number of methoxy groups -OCH3 is 1. The Morgan fingerprint density at radius 2 is 2.38 bits per heavy atom. The second-order valence-corrected chi connectivity index (χ2v) is 3.71. The van der Waals surface area contributed by atoms with Crippen LogP contribution >= 0.6 is 0 Å². The Balaban J connectivity index is 2.30. The van der Waals surface area contributed by atoms with E-state index in [1.165, 1.54) is 25.3 Å².